The molecule has 1 aromatic rings. The topological polar surface area (TPSA) is 46.5 Å². The first-order chi connectivity index (χ1) is 7.58. The number of ether oxygens (including phenoxy) is 1. The van der Waals surface area contributed by atoms with Gasteiger partial charge in [0.25, 0.3) is 0 Å². The van der Waals surface area contributed by atoms with Gasteiger partial charge in [-0.1, -0.05) is 6.07 Å². The third-order valence-corrected chi connectivity index (χ3v) is 2.63. The Labute approximate surface area is 92.9 Å². The maximum absolute atomic E-state index is 13.4. The smallest absolute Gasteiger partial charge is 0.345 e. The summed E-state index contributed by atoms with van der Waals surface area (Å²) in [7, 11) is 0. The first-order valence-electron chi connectivity index (χ1n) is 5.23. The van der Waals surface area contributed by atoms with Crippen LogP contribution in [0.4, 0.5) is 4.39 Å². The van der Waals surface area contributed by atoms with Gasteiger partial charge in [-0.2, -0.15) is 0 Å². The largest absolute Gasteiger partial charge is 0.478 e. The van der Waals surface area contributed by atoms with E-state index in [1.807, 2.05) is 0 Å². The number of halogens is 1. The van der Waals surface area contributed by atoms with Crippen LogP contribution in [0.2, 0.25) is 0 Å². The quantitative estimate of drug-likeness (QED) is 0.854. The van der Waals surface area contributed by atoms with E-state index in [4.69, 9.17) is 9.84 Å². The Hall–Kier alpha value is -1.58. The fourth-order valence-corrected chi connectivity index (χ4v) is 1.58. The SMILES string of the molecule is Cc1ccc(F)c(OC(C(=O)O)C2CC2)c1. The van der Waals surface area contributed by atoms with Crippen molar-refractivity contribution >= 4 is 5.97 Å². The van der Waals surface area contributed by atoms with Gasteiger partial charge in [0, 0.05) is 5.92 Å². The van der Waals surface area contributed by atoms with Crippen LogP contribution in [0.1, 0.15) is 18.4 Å². The lowest BCUT2D eigenvalue weighted by Gasteiger charge is -2.15. The molecule has 1 aliphatic rings. The van der Waals surface area contributed by atoms with Crippen molar-refractivity contribution in [2.24, 2.45) is 5.92 Å². The number of aryl methyl sites for hydroxylation is 1. The van der Waals surface area contributed by atoms with Gasteiger partial charge in [0.1, 0.15) is 0 Å². The van der Waals surface area contributed by atoms with Crippen LogP contribution in [0.5, 0.6) is 5.75 Å². The lowest BCUT2D eigenvalue weighted by atomic mass is 10.2. The van der Waals surface area contributed by atoms with Crippen LogP contribution in [-0.2, 0) is 4.79 Å². The lowest BCUT2D eigenvalue weighted by Crippen LogP contribution is -2.29. The molecule has 16 heavy (non-hydrogen) atoms. The van der Waals surface area contributed by atoms with Crippen molar-refractivity contribution in [3.63, 3.8) is 0 Å². The lowest BCUT2D eigenvalue weighted by molar-refractivity contribution is -0.146. The van der Waals surface area contributed by atoms with Gasteiger partial charge in [0.15, 0.2) is 17.7 Å². The number of carbonyl (C=O) groups is 1. The van der Waals surface area contributed by atoms with Gasteiger partial charge in [-0.15, -0.1) is 0 Å². The second-order valence-electron chi connectivity index (χ2n) is 4.15. The van der Waals surface area contributed by atoms with Gasteiger partial charge >= 0.3 is 5.97 Å². The summed E-state index contributed by atoms with van der Waals surface area (Å²) >= 11 is 0. The Bertz CT molecular complexity index is 413. The number of carboxylic acids is 1. The van der Waals surface area contributed by atoms with E-state index in [-0.39, 0.29) is 11.7 Å². The molecule has 0 aromatic heterocycles. The van der Waals surface area contributed by atoms with E-state index in [2.05, 4.69) is 0 Å². The first-order valence-corrected chi connectivity index (χ1v) is 5.23. The number of rotatable bonds is 4. The molecule has 1 atom stereocenters. The summed E-state index contributed by atoms with van der Waals surface area (Å²) in [4.78, 5) is 10.9. The molecule has 1 aromatic carbocycles. The van der Waals surface area contributed by atoms with Crippen LogP contribution in [-0.4, -0.2) is 17.2 Å². The van der Waals surface area contributed by atoms with E-state index in [0.717, 1.165) is 18.4 Å². The monoisotopic (exact) mass is 224 g/mol. The highest BCUT2D eigenvalue weighted by atomic mass is 19.1. The molecular formula is C12H13FO3. The molecule has 0 saturated heterocycles. The molecule has 2 rings (SSSR count). The molecule has 0 amide bonds. The van der Waals surface area contributed by atoms with E-state index in [1.54, 1.807) is 13.0 Å². The molecule has 1 unspecified atom stereocenters. The number of benzene rings is 1. The predicted molar refractivity (Wildman–Crippen MR) is 55.9 cm³/mol. The van der Waals surface area contributed by atoms with E-state index >= 15 is 0 Å². The van der Waals surface area contributed by atoms with E-state index < -0.39 is 17.9 Å². The molecule has 86 valence electrons. The van der Waals surface area contributed by atoms with Gasteiger partial charge in [0.05, 0.1) is 0 Å². The van der Waals surface area contributed by atoms with Crippen molar-refractivity contribution in [1.29, 1.82) is 0 Å². The highest BCUT2D eigenvalue weighted by molar-refractivity contribution is 5.73. The molecule has 3 nitrogen and oxygen atoms in total. The third-order valence-electron chi connectivity index (χ3n) is 2.63. The highest BCUT2D eigenvalue weighted by Crippen LogP contribution is 2.35. The minimum Gasteiger partial charge on any atom is -0.478 e. The van der Waals surface area contributed by atoms with E-state index in [0.29, 0.717) is 0 Å². The minimum atomic E-state index is -1.02. The van der Waals surface area contributed by atoms with Crippen LogP contribution in [0, 0.1) is 18.7 Å². The summed E-state index contributed by atoms with van der Waals surface area (Å²) in [6.07, 6.45) is 0.755. The van der Waals surface area contributed by atoms with Crippen molar-refractivity contribution < 1.29 is 19.0 Å². The van der Waals surface area contributed by atoms with Crippen LogP contribution in [0.25, 0.3) is 0 Å². The Kier molecular flexibility index (Phi) is 2.81. The number of carboxylic acid groups (broad SMARTS) is 1. The average Bonchev–Trinajstić information content (AvgIpc) is 3.02. The molecule has 1 aliphatic carbocycles. The fourth-order valence-electron chi connectivity index (χ4n) is 1.58. The standard InChI is InChI=1S/C12H13FO3/c1-7-2-5-9(13)10(6-7)16-11(12(14)15)8-3-4-8/h2,5-6,8,11H,3-4H2,1H3,(H,14,15). The van der Waals surface area contributed by atoms with Crippen LogP contribution in [0.3, 0.4) is 0 Å². The molecule has 0 heterocycles. The molecule has 0 aliphatic heterocycles. The zero-order valence-corrected chi connectivity index (χ0v) is 8.94. The maximum Gasteiger partial charge on any atom is 0.345 e. The van der Waals surface area contributed by atoms with Crippen molar-refractivity contribution in [2.75, 3.05) is 0 Å². The van der Waals surface area contributed by atoms with Gasteiger partial charge in [-0.3, -0.25) is 0 Å². The van der Waals surface area contributed by atoms with Crippen LogP contribution < -0.4 is 4.74 Å². The van der Waals surface area contributed by atoms with Crippen molar-refractivity contribution in [3.8, 4) is 5.75 Å². The van der Waals surface area contributed by atoms with Crippen molar-refractivity contribution in [2.45, 2.75) is 25.9 Å². The molecule has 1 saturated carbocycles. The summed E-state index contributed by atoms with van der Waals surface area (Å²) in [6.45, 7) is 1.80. The number of aliphatic carboxylic acids is 1. The van der Waals surface area contributed by atoms with Gasteiger partial charge in [-0.05, 0) is 37.5 Å². The van der Waals surface area contributed by atoms with Crippen LogP contribution in [0.15, 0.2) is 18.2 Å². The summed E-state index contributed by atoms with van der Waals surface area (Å²) in [5.41, 5.74) is 0.844. The average molecular weight is 224 g/mol. The second kappa shape index (κ2) is 4.12. The molecule has 1 fully saturated rings. The Balaban J connectivity index is 2.17. The molecule has 0 radical (unpaired) electrons. The molecule has 4 heteroatoms. The highest BCUT2D eigenvalue weighted by Gasteiger charge is 2.38. The van der Waals surface area contributed by atoms with Gasteiger partial charge in [0.2, 0.25) is 0 Å². The molecule has 1 N–H and O–H groups in total. The normalized spacial score (nSPS) is 16.9. The van der Waals surface area contributed by atoms with E-state index in [9.17, 15) is 9.18 Å². The summed E-state index contributed by atoms with van der Waals surface area (Å²) in [6, 6.07) is 4.43. The maximum atomic E-state index is 13.4. The Morgan fingerprint density at radius 2 is 2.25 bits per heavy atom. The first kappa shape index (κ1) is 10.9. The Morgan fingerprint density at radius 1 is 1.56 bits per heavy atom. The molecule has 0 bridgehead atoms. The predicted octanol–water partition coefficient (Wildman–Crippen LogP) is 2.38. The fraction of sp³-hybridized carbons (Fsp3) is 0.417. The van der Waals surface area contributed by atoms with Gasteiger partial charge in [-0.25, -0.2) is 9.18 Å². The summed E-state index contributed by atoms with van der Waals surface area (Å²) < 4.78 is 18.6. The van der Waals surface area contributed by atoms with E-state index in [1.165, 1.54) is 12.1 Å². The number of hydrogen-bond acceptors (Lipinski definition) is 2. The molecular weight excluding hydrogens is 211 g/mol. The second-order valence-corrected chi connectivity index (χ2v) is 4.15. The summed E-state index contributed by atoms with van der Waals surface area (Å²) in [5, 5.41) is 8.96. The molecule has 0 spiro atoms. The van der Waals surface area contributed by atoms with Crippen molar-refractivity contribution in [1.82, 2.24) is 0 Å². The third kappa shape index (κ3) is 2.32. The summed E-state index contributed by atoms with van der Waals surface area (Å²) in [5.74, 6) is -1.49. The Morgan fingerprint density at radius 3 is 2.81 bits per heavy atom. The minimum absolute atomic E-state index is 0.0254. The van der Waals surface area contributed by atoms with Crippen LogP contribution >= 0.6 is 0 Å². The van der Waals surface area contributed by atoms with Gasteiger partial charge < -0.3 is 9.84 Å². The number of hydrogen-bond donors (Lipinski definition) is 1. The zero-order chi connectivity index (χ0) is 11.7. The van der Waals surface area contributed by atoms with Crippen molar-refractivity contribution in [3.05, 3.63) is 29.6 Å². The zero-order valence-electron chi connectivity index (χ0n) is 8.94.